The van der Waals surface area contributed by atoms with Gasteiger partial charge in [0.15, 0.2) is 0 Å². The summed E-state index contributed by atoms with van der Waals surface area (Å²) >= 11 is 0. The van der Waals surface area contributed by atoms with Gasteiger partial charge in [-0.05, 0) is 32.1 Å². The number of aryl methyl sites for hydroxylation is 2. The van der Waals surface area contributed by atoms with Gasteiger partial charge in [0.25, 0.3) is 5.82 Å². The molecule has 0 atom stereocenters. The number of imidazole rings is 1. The van der Waals surface area contributed by atoms with E-state index in [0.717, 1.165) is 0 Å². The van der Waals surface area contributed by atoms with Crippen molar-refractivity contribution in [2.24, 2.45) is 0 Å². The zero-order valence-corrected chi connectivity index (χ0v) is 31.0. The molecule has 44 heavy (non-hydrogen) atoms. The lowest BCUT2D eigenvalue weighted by Gasteiger charge is -2.07. The molecule has 1 aromatic rings. The van der Waals surface area contributed by atoms with Crippen LogP contribution in [0.5, 0.6) is 0 Å². The number of unbranched alkanes of at least 4 members (excludes halogenated alkanes) is 30. The van der Waals surface area contributed by atoms with Gasteiger partial charge in [0.05, 0.1) is 13.1 Å². The van der Waals surface area contributed by atoms with Gasteiger partial charge < -0.3 is 0 Å². The lowest BCUT2D eigenvalue weighted by Crippen LogP contribution is -2.37. The number of nitrogens with zero attached hydrogens (tertiary/aromatic N) is 2. The van der Waals surface area contributed by atoms with E-state index in [1.807, 2.05) is 0 Å². The van der Waals surface area contributed by atoms with Gasteiger partial charge in [-0.2, -0.15) is 0 Å². The van der Waals surface area contributed by atoms with Gasteiger partial charge in [0.1, 0.15) is 12.4 Å². The Morgan fingerprint density at radius 3 is 1.09 bits per heavy atom. The fourth-order valence-electron chi connectivity index (χ4n) is 7.03. The predicted molar refractivity (Wildman–Crippen MR) is 198 cm³/mol. The molecule has 0 bridgehead atoms. The molecular formula is C42H83N2+. The van der Waals surface area contributed by atoms with Crippen LogP contribution in [0.1, 0.15) is 238 Å². The van der Waals surface area contributed by atoms with Gasteiger partial charge in [0, 0.05) is 6.42 Å². The molecule has 1 rings (SSSR count). The third-order valence-electron chi connectivity index (χ3n) is 10.1. The van der Waals surface area contributed by atoms with Gasteiger partial charge in [0.2, 0.25) is 0 Å². The molecule has 2 nitrogen and oxygen atoms in total. The Labute approximate surface area is 279 Å². The zero-order chi connectivity index (χ0) is 31.6. The van der Waals surface area contributed by atoms with Crippen LogP contribution in [0, 0.1) is 0 Å². The van der Waals surface area contributed by atoms with E-state index < -0.39 is 0 Å². The number of aromatic nitrogens is 2. The van der Waals surface area contributed by atoms with Crippen LogP contribution < -0.4 is 4.57 Å². The molecule has 0 unspecified atom stereocenters. The van der Waals surface area contributed by atoms with Gasteiger partial charge in [-0.3, -0.25) is 0 Å². The smallest absolute Gasteiger partial charge is 0.234 e. The summed E-state index contributed by atoms with van der Waals surface area (Å²) in [5.41, 5.74) is 0. The second-order valence-corrected chi connectivity index (χ2v) is 14.5. The Morgan fingerprint density at radius 2 is 0.705 bits per heavy atom. The minimum absolute atomic E-state index is 1.23. The Balaban J connectivity index is 2.17. The quantitative estimate of drug-likeness (QED) is 0.0524. The van der Waals surface area contributed by atoms with E-state index in [9.17, 15) is 0 Å². The van der Waals surface area contributed by atoms with E-state index in [4.69, 9.17) is 0 Å². The van der Waals surface area contributed by atoms with Gasteiger partial charge in [-0.1, -0.05) is 201 Å². The van der Waals surface area contributed by atoms with Crippen LogP contribution in [0.2, 0.25) is 0 Å². The van der Waals surface area contributed by atoms with Crippen molar-refractivity contribution < 1.29 is 4.57 Å². The molecule has 0 aliphatic carbocycles. The second kappa shape index (κ2) is 33.6. The third kappa shape index (κ3) is 25.4. The summed E-state index contributed by atoms with van der Waals surface area (Å²) in [4.78, 5) is 0. The minimum Gasteiger partial charge on any atom is -0.234 e. The number of hydrogen-bond donors (Lipinski definition) is 0. The Hall–Kier alpha value is -0.790. The predicted octanol–water partition coefficient (Wildman–Crippen LogP) is 14.3. The molecule has 1 aromatic heterocycles. The van der Waals surface area contributed by atoms with Crippen LogP contribution in [-0.4, -0.2) is 4.57 Å². The monoisotopic (exact) mass is 616 g/mol. The molecule has 0 amide bonds. The maximum atomic E-state index is 2.63. The standard InChI is InChI=1S/C42H83N2/c1-4-7-10-13-16-18-20-21-22-23-24-25-26-28-30-33-36-39-44-41-40-43(42(44)37-34-31-15-12-9-6-3)38-35-32-29-27-19-17-14-11-8-5-2/h40-41H,4-39H2,1-3H3/q+1. The molecule has 0 saturated carbocycles. The molecule has 1 heterocycles. The van der Waals surface area contributed by atoms with E-state index in [0.29, 0.717) is 0 Å². The molecule has 0 saturated heterocycles. The molecule has 2 heteroatoms. The molecule has 0 fully saturated rings. The van der Waals surface area contributed by atoms with Gasteiger partial charge in [-0.15, -0.1) is 0 Å². The average Bonchev–Trinajstić information content (AvgIpc) is 3.42. The van der Waals surface area contributed by atoms with Crippen molar-refractivity contribution >= 4 is 0 Å². The summed E-state index contributed by atoms with van der Waals surface area (Å²) in [5, 5.41) is 0. The van der Waals surface area contributed by atoms with Crippen LogP contribution in [0.3, 0.4) is 0 Å². The van der Waals surface area contributed by atoms with E-state index >= 15 is 0 Å². The lowest BCUT2D eigenvalue weighted by molar-refractivity contribution is -0.704. The first kappa shape index (κ1) is 41.2. The number of rotatable bonds is 36. The Morgan fingerprint density at radius 1 is 0.386 bits per heavy atom. The Bertz CT molecular complexity index is 677. The van der Waals surface area contributed by atoms with E-state index in [2.05, 4.69) is 42.3 Å². The van der Waals surface area contributed by atoms with Crippen LogP contribution >= 0.6 is 0 Å². The molecule has 0 radical (unpaired) electrons. The van der Waals surface area contributed by atoms with Crippen LogP contribution in [0.15, 0.2) is 12.4 Å². The Kier molecular flexibility index (Phi) is 31.5. The van der Waals surface area contributed by atoms with Crippen molar-refractivity contribution in [1.29, 1.82) is 0 Å². The summed E-state index contributed by atoms with van der Waals surface area (Å²) < 4.78 is 5.26. The topological polar surface area (TPSA) is 8.81 Å². The second-order valence-electron chi connectivity index (χ2n) is 14.5. The van der Waals surface area contributed by atoms with E-state index in [1.165, 1.54) is 231 Å². The third-order valence-corrected chi connectivity index (χ3v) is 10.1. The average molecular weight is 616 g/mol. The summed E-state index contributed by atoms with van der Waals surface area (Å²) in [7, 11) is 0. The molecule has 0 aliphatic heterocycles. The highest BCUT2D eigenvalue weighted by Crippen LogP contribution is 2.16. The fraction of sp³-hybridized carbons (Fsp3) is 0.929. The van der Waals surface area contributed by atoms with Crippen molar-refractivity contribution in [2.45, 2.75) is 252 Å². The first-order valence-electron chi connectivity index (χ1n) is 20.9. The summed E-state index contributed by atoms with van der Waals surface area (Å²) in [6, 6.07) is 0. The van der Waals surface area contributed by atoms with Crippen LogP contribution in [-0.2, 0) is 19.5 Å². The SMILES string of the molecule is CCCCCCCCCCCCCCCCCCCn1cc[n+](CCCCCCCCCCCC)c1CCCCCCCC. The zero-order valence-electron chi connectivity index (χ0n) is 31.0. The summed E-state index contributed by atoms with van der Waals surface area (Å²) in [6.07, 6.45) is 53.4. The molecule has 0 aromatic carbocycles. The molecular weight excluding hydrogens is 532 g/mol. The number of hydrogen-bond acceptors (Lipinski definition) is 0. The van der Waals surface area contributed by atoms with Crippen molar-refractivity contribution in [3.05, 3.63) is 18.2 Å². The van der Waals surface area contributed by atoms with E-state index in [1.54, 1.807) is 5.82 Å². The van der Waals surface area contributed by atoms with Crippen molar-refractivity contribution in [3.63, 3.8) is 0 Å². The molecule has 0 aliphatic rings. The highest BCUT2D eigenvalue weighted by atomic mass is 15.1. The normalized spacial score (nSPS) is 11.6. The van der Waals surface area contributed by atoms with E-state index in [-0.39, 0.29) is 0 Å². The largest absolute Gasteiger partial charge is 0.256 e. The van der Waals surface area contributed by atoms with Crippen LogP contribution in [0.4, 0.5) is 0 Å². The van der Waals surface area contributed by atoms with Crippen molar-refractivity contribution in [1.82, 2.24) is 4.57 Å². The van der Waals surface area contributed by atoms with Gasteiger partial charge >= 0.3 is 0 Å². The molecule has 260 valence electrons. The lowest BCUT2D eigenvalue weighted by atomic mass is 10.0. The fourth-order valence-corrected chi connectivity index (χ4v) is 7.03. The first-order chi connectivity index (χ1) is 21.8. The summed E-state index contributed by atoms with van der Waals surface area (Å²) in [5.74, 6) is 1.62. The minimum atomic E-state index is 1.23. The maximum absolute atomic E-state index is 2.63. The van der Waals surface area contributed by atoms with Crippen LogP contribution in [0.25, 0.3) is 0 Å². The maximum Gasteiger partial charge on any atom is 0.256 e. The molecule has 0 spiro atoms. The molecule has 0 N–H and O–H groups in total. The summed E-state index contributed by atoms with van der Waals surface area (Å²) in [6.45, 7) is 9.41. The van der Waals surface area contributed by atoms with Gasteiger partial charge in [-0.25, -0.2) is 9.13 Å². The highest BCUT2D eigenvalue weighted by Gasteiger charge is 2.16. The van der Waals surface area contributed by atoms with Crippen molar-refractivity contribution in [3.8, 4) is 0 Å². The highest BCUT2D eigenvalue weighted by molar-refractivity contribution is 4.84. The van der Waals surface area contributed by atoms with Crippen molar-refractivity contribution in [2.75, 3.05) is 0 Å². The first-order valence-corrected chi connectivity index (χ1v) is 20.9.